The Morgan fingerprint density at radius 1 is 0.963 bits per heavy atom. The van der Waals surface area contributed by atoms with Gasteiger partial charge in [-0.2, -0.15) is 0 Å². The van der Waals surface area contributed by atoms with Crippen molar-refractivity contribution in [1.82, 2.24) is 4.57 Å². The van der Waals surface area contributed by atoms with Crippen LogP contribution in [0.2, 0.25) is 0 Å². The van der Waals surface area contributed by atoms with Crippen LogP contribution in [-0.4, -0.2) is 22.2 Å². The van der Waals surface area contributed by atoms with Crippen molar-refractivity contribution in [2.45, 2.75) is 33.2 Å². The minimum absolute atomic E-state index is 0.148. The Hall–Kier alpha value is -3.01. The molecule has 0 atom stereocenters. The third-order valence-electron chi connectivity index (χ3n) is 4.68. The van der Waals surface area contributed by atoms with Crippen LogP contribution in [0.3, 0.4) is 0 Å². The first kappa shape index (κ1) is 18.8. The van der Waals surface area contributed by atoms with Gasteiger partial charge in [-0.15, -0.1) is 0 Å². The van der Waals surface area contributed by atoms with Gasteiger partial charge in [0.2, 0.25) is 0 Å². The highest BCUT2D eigenvalue weighted by Crippen LogP contribution is 2.23. The Morgan fingerprint density at radius 3 is 2.33 bits per heavy atom. The van der Waals surface area contributed by atoms with Gasteiger partial charge in [-0.25, -0.2) is 0 Å². The second-order valence-corrected chi connectivity index (χ2v) is 6.76. The highest BCUT2D eigenvalue weighted by molar-refractivity contribution is 5.67. The van der Waals surface area contributed by atoms with Crippen LogP contribution in [0.5, 0.6) is 5.75 Å². The number of aromatic nitrogens is 1. The fourth-order valence-corrected chi connectivity index (χ4v) is 3.10. The predicted octanol–water partition coefficient (Wildman–Crippen LogP) is 4.87. The smallest absolute Gasteiger partial charge is 0.303 e. The van der Waals surface area contributed by atoms with Crippen molar-refractivity contribution >= 4 is 5.97 Å². The topological polar surface area (TPSA) is 51.5 Å². The number of hydrogen-bond acceptors (Lipinski definition) is 2. The zero-order valence-corrected chi connectivity index (χ0v) is 15.8. The molecular weight excluding hydrogens is 338 g/mol. The number of ether oxygens (including phenoxy) is 1. The first-order valence-corrected chi connectivity index (χ1v) is 9.19. The highest BCUT2D eigenvalue weighted by Gasteiger charge is 2.08. The number of nitrogens with zero attached hydrogens (tertiary/aromatic N) is 1. The molecule has 27 heavy (non-hydrogen) atoms. The SMILES string of the molecule is Cc1ccc(-c2ccc(C)n2CCOc2ccc(CCC(=O)O)cc2)cc1. The summed E-state index contributed by atoms with van der Waals surface area (Å²) < 4.78 is 8.16. The molecule has 0 fully saturated rings. The van der Waals surface area contributed by atoms with E-state index in [9.17, 15) is 4.79 Å². The summed E-state index contributed by atoms with van der Waals surface area (Å²) in [5, 5.41) is 8.75. The van der Waals surface area contributed by atoms with Crippen LogP contribution >= 0.6 is 0 Å². The van der Waals surface area contributed by atoms with E-state index in [0.717, 1.165) is 17.9 Å². The third kappa shape index (κ3) is 5.00. The molecule has 0 aliphatic heterocycles. The van der Waals surface area contributed by atoms with Gasteiger partial charge in [0, 0.05) is 17.8 Å². The largest absolute Gasteiger partial charge is 0.492 e. The Labute approximate surface area is 160 Å². The predicted molar refractivity (Wildman–Crippen MR) is 107 cm³/mol. The van der Waals surface area contributed by atoms with E-state index in [1.54, 1.807) is 0 Å². The Bertz CT molecular complexity index is 892. The molecule has 3 aromatic rings. The van der Waals surface area contributed by atoms with Crippen LogP contribution in [0.4, 0.5) is 0 Å². The molecule has 0 bridgehead atoms. The van der Waals surface area contributed by atoms with E-state index in [2.05, 4.69) is 54.8 Å². The van der Waals surface area contributed by atoms with Gasteiger partial charge in [0.25, 0.3) is 0 Å². The summed E-state index contributed by atoms with van der Waals surface area (Å²) in [5.74, 6) is 0.0255. The van der Waals surface area contributed by atoms with Crippen LogP contribution in [-0.2, 0) is 17.8 Å². The molecule has 4 nitrogen and oxygen atoms in total. The van der Waals surface area contributed by atoms with Gasteiger partial charge in [-0.1, -0.05) is 42.0 Å². The molecule has 140 valence electrons. The summed E-state index contributed by atoms with van der Waals surface area (Å²) in [5.41, 5.74) is 5.87. The van der Waals surface area contributed by atoms with E-state index in [1.165, 1.54) is 22.5 Å². The maximum atomic E-state index is 10.6. The number of carboxylic acid groups (broad SMARTS) is 1. The molecule has 0 aliphatic rings. The lowest BCUT2D eigenvalue weighted by atomic mass is 10.1. The fourth-order valence-electron chi connectivity index (χ4n) is 3.10. The molecule has 2 aromatic carbocycles. The Kier molecular flexibility index (Phi) is 5.97. The van der Waals surface area contributed by atoms with Crippen molar-refractivity contribution in [3.63, 3.8) is 0 Å². The monoisotopic (exact) mass is 363 g/mol. The quantitative estimate of drug-likeness (QED) is 0.621. The van der Waals surface area contributed by atoms with Gasteiger partial charge < -0.3 is 14.4 Å². The summed E-state index contributed by atoms with van der Waals surface area (Å²) in [4.78, 5) is 10.6. The second kappa shape index (κ2) is 8.58. The van der Waals surface area contributed by atoms with Crippen molar-refractivity contribution in [2.75, 3.05) is 6.61 Å². The minimum Gasteiger partial charge on any atom is -0.492 e. The molecular formula is C23H25NO3. The highest BCUT2D eigenvalue weighted by atomic mass is 16.5. The van der Waals surface area contributed by atoms with E-state index in [1.807, 2.05) is 24.3 Å². The Morgan fingerprint density at radius 2 is 1.67 bits per heavy atom. The van der Waals surface area contributed by atoms with Crippen molar-refractivity contribution in [3.05, 3.63) is 77.5 Å². The van der Waals surface area contributed by atoms with Crippen LogP contribution in [0.25, 0.3) is 11.3 Å². The molecule has 0 aliphatic carbocycles. The standard InChI is InChI=1S/C23H25NO3/c1-17-3-9-20(10-4-17)22-13-5-18(2)24(22)15-16-27-21-11-6-19(7-12-21)8-14-23(25)26/h3-7,9-13H,8,14-16H2,1-2H3,(H,25,26). The molecule has 0 spiro atoms. The maximum absolute atomic E-state index is 10.6. The summed E-state index contributed by atoms with van der Waals surface area (Å²) >= 11 is 0. The average molecular weight is 363 g/mol. The van der Waals surface area contributed by atoms with E-state index in [4.69, 9.17) is 9.84 Å². The molecule has 0 radical (unpaired) electrons. The lowest BCUT2D eigenvalue weighted by Crippen LogP contribution is -2.10. The third-order valence-corrected chi connectivity index (χ3v) is 4.68. The lowest BCUT2D eigenvalue weighted by molar-refractivity contribution is -0.136. The van der Waals surface area contributed by atoms with Crippen LogP contribution in [0, 0.1) is 13.8 Å². The van der Waals surface area contributed by atoms with Crippen molar-refractivity contribution in [2.24, 2.45) is 0 Å². The zero-order chi connectivity index (χ0) is 19.2. The molecule has 1 N–H and O–H groups in total. The number of carbonyl (C=O) groups is 1. The Balaban J connectivity index is 1.60. The van der Waals surface area contributed by atoms with Gasteiger partial charge in [-0.3, -0.25) is 4.79 Å². The summed E-state index contributed by atoms with van der Waals surface area (Å²) in [6, 6.07) is 20.5. The number of carboxylic acids is 1. The average Bonchev–Trinajstić information content (AvgIpc) is 3.02. The number of aryl methyl sites for hydroxylation is 3. The van der Waals surface area contributed by atoms with Gasteiger partial charge in [0.15, 0.2) is 0 Å². The van der Waals surface area contributed by atoms with E-state index in [-0.39, 0.29) is 6.42 Å². The molecule has 0 saturated carbocycles. The van der Waals surface area contributed by atoms with Gasteiger partial charge in [-0.05, 0) is 55.7 Å². The first-order valence-electron chi connectivity index (χ1n) is 9.19. The lowest BCUT2D eigenvalue weighted by Gasteiger charge is -2.13. The number of hydrogen-bond donors (Lipinski definition) is 1. The zero-order valence-electron chi connectivity index (χ0n) is 15.8. The van der Waals surface area contributed by atoms with Crippen LogP contribution < -0.4 is 4.74 Å². The number of benzene rings is 2. The van der Waals surface area contributed by atoms with E-state index < -0.39 is 5.97 Å². The molecule has 1 heterocycles. The van der Waals surface area contributed by atoms with E-state index >= 15 is 0 Å². The van der Waals surface area contributed by atoms with Crippen LogP contribution in [0.1, 0.15) is 23.2 Å². The van der Waals surface area contributed by atoms with Gasteiger partial charge in [0.1, 0.15) is 12.4 Å². The normalized spacial score (nSPS) is 10.7. The first-order chi connectivity index (χ1) is 13.0. The second-order valence-electron chi connectivity index (χ2n) is 6.76. The molecule has 4 heteroatoms. The van der Waals surface area contributed by atoms with Gasteiger partial charge in [0.05, 0.1) is 6.54 Å². The van der Waals surface area contributed by atoms with Crippen molar-refractivity contribution in [3.8, 4) is 17.0 Å². The summed E-state index contributed by atoms with van der Waals surface area (Å²) in [6.45, 7) is 5.54. The minimum atomic E-state index is -0.776. The van der Waals surface area contributed by atoms with Crippen molar-refractivity contribution in [1.29, 1.82) is 0 Å². The number of rotatable bonds is 8. The maximum Gasteiger partial charge on any atom is 0.303 e. The van der Waals surface area contributed by atoms with Gasteiger partial charge >= 0.3 is 5.97 Å². The molecule has 1 aromatic heterocycles. The molecule has 0 saturated heterocycles. The van der Waals surface area contributed by atoms with Crippen LogP contribution in [0.15, 0.2) is 60.7 Å². The molecule has 0 unspecified atom stereocenters. The molecule has 3 rings (SSSR count). The van der Waals surface area contributed by atoms with E-state index in [0.29, 0.717) is 13.0 Å². The molecule has 0 amide bonds. The number of aliphatic carboxylic acids is 1. The summed E-state index contributed by atoms with van der Waals surface area (Å²) in [7, 11) is 0. The fraction of sp³-hybridized carbons (Fsp3) is 0.261. The van der Waals surface area contributed by atoms with Crippen molar-refractivity contribution < 1.29 is 14.6 Å². The summed E-state index contributed by atoms with van der Waals surface area (Å²) in [6.07, 6.45) is 0.687.